The summed E-state index contributed by atoms with van der Waals surface area (Å²) in [5.74, 6) is 0.165. The highest BCUT2D eigenvalue weighted by Gasteiger charge is 2.07. The van der Waals surface area contributed by atoms with Crippen molar-refractivity contribution in [2.24, 2.45) is 0 Å². The second-order valence-corrected chi connectivity index (χ2v) is 2.62. The van der Waals surface area contributed by atoms with Crippen molar-refractivity contribution < 1.29 is 9.00 Å². The molecule has 0 radical (unpaired) electrons. The smallest absolute Gasteiger partial charge is 0.169 e. The molecule has 1 aliphatic rings. The lowest BCUT2D eigenvalue weighted by atomic mass is 10.5. The van der Waals surface area contributed by atoms with Crippen LogP contribution < -0.4 is 0 Å². The zero-order chi connectivity index (χ0) is 5.28. The molecule has 2 nitrogen and oxygen atoms in total. The predicted molar refractivity (Wildman–Crippen MR) is 27.2 cm³/mol. The molecule has 7 heavy (non-hydrogen) atoms. The Kier molecular flexibility index (Phi) is 1.06. The number of rotatable bonds is 0. The Morgan fingerprint density at radius 3 is 2.57 bits per heavy atom. The Labute approximate surface area is 43.7 Å². The highest BCUT2D eigenvalue weighted by atomic mass is 32.2. The van der Waals surface area contributed by atoms with E-state index < -0.39 is 10.8 Å². The van der Waals surface area contributed by atoms with Crippen LogP contribution >= 0.6 is 0 Å². The van der Waals surface area contributed by atoms with Gasteiger partial charge in [-0.15, -0.1) is 0 Å². The third-order valence-electron chi connectivity index (χ3n) is 0.690. The Hall–Kier alpha value is -0.440. The molecule has 0 saturated carbocycles. The average molecular weight is 116 g/mol. The molecule has 38 valence electrons. The molecule has 1 rings (SSSR count). The molecule has 0 aromatic rings. The molecule has 1 atom stereocenters. The predicted octanol–water partition coefficient (Wildman–Crippen LogP) is -0.168. The molecule has 0 N–H and O–H groups in total. The normalized spacial score (nSPS) is 29.1. The van der Waals surface area contributed by atoms with Crippen LogP contribution in [0.4, 0.5) is 0 Å². The van der Waals surface area contributed by atoms with Crippen LogP contribution in [0.25, 0.3) is 0 Å². The summed E-state index contributed by atoms with van der Waals surface area (Å²) in [4.78, 5) is 10.2. The minimum Gasteiger partial charge on any atom is -0.294 e. The van der Waals surface area contributed by atoms with E-state index in [4.69, 9.17) is 0 Å². The lowest BCUT2D eigenvalue weighted by Gasteiger charge is -1.74. The van der Waals surface area contributed by atoms with E-state index in [1.54, 1.807) is 0 Å². The van der Waals surface area contributed by atoms with Gasteiger partial charge in [0, 0.05) is 5.41 Å². The van der Waals surface area contributed by atoms with Gasteiger partial charge in [-0.1, -0.05) is 0 Å². The van der Waals surface area contributed by atoms with Crippen LogP contribution in [0.5, 0.6) is 0 Å². The summed E-state index contributed by atoms with van der Waals surface area (Å²) < 4.78 is 10.3. The minimum absolute atomic E-state index is 0.0293. The summed E-state index contributed by atoms with van der Waals surface area (Å²) in [5.41, 5.74) is 0. The Bertz CT molecular complexity index is 132. The van der Waals surface area contributed by atoms with E-state index in [2.05, 4.69) is 0 Å². The molecule has 0 spiro atoms. The number of carbonyl (C=O) groups excluding carboxylic acids is 1. The van der Waals surface area contributed by atoms with Gasteiger partial charge in [-0.25, -0.2) is 0 Å². The topological polar surface area (TPSA) is 34.1 Å². The molecule has 0 saturated heterocycles. The summed E-state index contributed by atoms with van der Waals surface area (Å²) >= 11 is 0. The second-order valence-electron chi connectivity index (χ2n) is 1.29. The molecule has 1 unspecified atom stereocenters. The van der Waals surface area contributed by atoms with Gasteiger partial charge in [-0.3, -0.25) is 9.00 Å². The van der Waals surface area contributed by atoms with Gasteiger partial charge in [0.05, 0.1) is 16.6 Å². The van der Waals surface area contributed by atoms with E-state index in [1.165, 1.54) is 11.5 Å². The van der Waals surface area contributed by atoms with Gasteiger partial charge >= 0.3 is 0 Å². The van der Waals surface area contributed by atoms with Crippen molar-refractivity contribution in [3.8, 4) is 0 Å². The van der Waals surface area contributed by atoms with Crippen LogP contribution in [-0.2, 0) is 15.6 Å². The standard InChI is InChI=1S/C4H4O2S/c5-4-1-2-7(6)3-4/h1-2H,3H2. The van der Waals surface area contributed by atoms with Crippen molar-refractivity contribution in [2.45, 2.75) is 0 Å². The quantitative estimate of drug-likeness (QED) is 0.440. The van der Waals surface area contributed by atoms with Crippen LogP contribution in [0.1, 0.15) is 0 Å². The molecule has 0 aromatic carbocycles. The van der Waals surface area contributed by atoms with E-state index in [0.29, 0.717) is 0 Å². The number of allylic oxidation sites excluding steroid dienone is 1. The number of hydrogen-bond acceptors (Lipinski definition) is 2. The van der Waals surface area contributed by atoms with Crippen LogP contribution in [0.3, 0.4) is 0 Å². The SMILES string of the molecule is O=C1C=CS(=O)C1. The Morgan fingerprint density at radius 2 is 2.43 bits per heavy atom. The van der Waals surface area contributed by atoms with Gasteiger partial charge in [0.1, 0.15) is 0 Å². The van der Waals surface area contributed by atoms with E-state index in [-0.39, 0.29) is 11.5 Å². The zero-order valence-electron chi connectivity index (χ0n) is 3.59. The highest BCUT2D eigenvalue weighted by molar-refractivity contribution is 7.89. The van der Waals surface area contributed by atoms with Crippen LogP contribution in [0.2, 0.25) is 0 Å². The van der Waals surface area contributed by atoms with Crippen molar-refractivity contribution in [3.63, 3.8) is 0 Å². The van der Waals surface area contributed by atoms with E-state index in [9.17, 15) is 9.00 Å². The van der Waals surface area contributed by atoms with Crippen molar-refractivity contribution >= 4 is 16.6 Å². The lowest BCUT2D eigenvalue weighted by Crippen LogP contribution is -1.95. The fourth-order valence-electron chi connectivity index (χ4n) is 0.388. The molecule has 1 heterocycles. The van der Waals surface area contributed by atoms with Crippen molar-refractivity contribution in [3.05, 3.63) is 11.5 Å². The molecule has 0 aliphatic carbocycles. The van der Waals surface area contributed by atoms with Gasteiger partial charge in [0.15, 0.2) is 5.78 Å². The highest BCUT2D eigenvalue weighted by Crippen LogP contribution is 1.95. The number of ketones is 1. The molecular weight excluding hydrogens is 112 g/mol. The van der Waals surface area contributed by atoms with Gasteiger partial charge in [0.25, 0.3) is 0 Å². The first-order valence-electron chi connectivity index (χ1n) is 1.87. The largest absolute Gasteiger partial charge is 0.294 e. The molecular formula is C4H4O2S. The second kappa shape index (κ2) is 1.58. The Morgan fingerprint density at radius 1 is 1.71 bits per heavy atom. The maximum Gasteiger partial charge on any atom is 0.169 e. The van der Waals surface area contributed by atoms with Crippen LogP contribution in [0, 0.1) is 0 Å². The van der Waals surface area contributed by atoms with Gasteiger partial charge in [-0.2, -0.15) is 0 Å². The Balaban J connectivity index is 2.76. The summed E-state index contributed by atoms with van der Waals surface area (Å²) in [7, 11) is -0.983. The monoisotopic (exact) mass is 116 g/mol. The fourth-order valence-corrected chi connectivity index (χ4v) is 1.16. The maximum atomic E-state index is 10.3. The molecule has 1 aliphatic heterocycles. The zero-order valence-corrected chi connectivity index (χ0v) is 4.40. The maximum absolute atomic E-state index is 10.3. The lowest BCUT2D eigenvalue weighted by molar-refractivity contribution is -0.112. The summed E-state index contributed by atoms with van der Waals surface area (Å²) in [6, 6.07) is 0. The van der Waals surface area contributed by atoms with Gasteiger partial charge in [0.2, 0.25) is 0 Å². The minimum atomic E-state index is -0.983. The third kappa shape index (κ3) is 0.962. The molecule has 0 aromatic heterocycles. The molecule has 0 bridgehead atoms. The van der Waals surface area contributed by atoms with E-state index >= 15 is 0 Å². The first-order chi connectivity index (χ1) is 3.29. The van der Waals surface area contributed by atoms with Crippen molar-refractivity contribution in [1.82, 2.24) is 0 Å². The van der Waals surface area contributed by atoms with E-state index in [1.807, 2.05) is 0 Å². The molecule has 3 heteroatoms. The van der Waals surface area contributed by atoms with Crippen LogP contribution in [0.15, 0.2) is 11.5 Å². The van der Waals surface area contributed by atoms with E-state index in [0.717, 1.165) is 0 Å². The summed E-state index contributed by atoms with van der Waals surface area (Å²) in [6.07, 6.45) is 1.36. The fraction of sp³-hybridized carbons (Fsp3) is 0.250. The first-order valence-corrected chi connectivity index (χ1v) is 3.25. The average Bonchev–Trinajstić information content (AvgIpc) is 1.87. The number of carbonyl (C=O) groups is 1. The van der Waals surface area contributed by atoms with Gasteiger partial charge < -0.3 is 0 Å². The third-order valence-corrected chi connectivity index (χ3v) is 1.70. The van der Waals surface area contributed by atoms with Crippen LogP contribution in [-0.4, -0.2) is 15.7 Å². The van der Waals surface area contributed by atoms with Gasteiger partial charge in [-0.05, 0) is 6.08 Å². The first kappa shape index (κ1) is 4.71. The summed E-state index contributed by atoms with van der Waals surface area (Å²) in [6.45, 7) is 0. The number of hydrogen-bond donors (Lipinski definition) is 0. The molecule has 0 amide bonds. The van der Waals surface area contributed by atoms with Crippen molar-refractivity contribution in [2.75, 3.05) is 5.75 Å². The van der Waals surface area contributed by atoms with Crippen molar-refractivity contribution in [1.29, 1.82) is 0 Å². The summed E-state index contributed by atoms with van der Waals surface area (Å²) in [5, 5.41) is 1.42. The molecule has 0 fully saturated rings.